The van der Waals surface area contributed by atoms with Gasteiger partial charge in [-0.05, 0) is 36.4 Å². The van der Waals surface area contributed by atoms with Gasteiger partial charge in [0, 0.05) is 33.0 Å². The first-order valence-corrected chi connectivity index (χ1v) is 9.11. The number of hydrogen-bond acceptors (Lipinski definition) is 6. The van der Waals surface area contributed by atoms with Crippen molar-refractivity contribution in [1.82, 2.24) is 0 Å². The van der Waals surface area contributed by atoms with Crippen molar-refractivity contribution in [2.24, 2.45) is 0 Å². The molecule has 2 aromatic heterocycles. The first-order chi connectivity index (χ1) is 14.6. The van der Waals surface area contributed by atoms with Crippen molar-refractivity contribution in [3.05, 3.63) is 71.8 Å². The molecular weight excluding hydrogens is 384 g/mol. The van der Waals surface area contributed by atoms with E-state index in [1.807, 2.05) is 24.3 Å². The van der Waals surface area contributed by atoms with E-state index >= 15 is 0 Å². The minimum absolute atomic E-state index is 0.0356. The van der Waals surface area contributed by atoms with E-state index in [9.17, 15) is 19.8 Å². The van der Waals surface area contributed by atoms with E-state index in [1.165, 1.54) is 24.3 Å². The average molecular weight is 398 g/mol. The summed E-state index contributed by atoms with van der Waals surface area (Å²) in [6, 6.07) is 16.6. The number of aldehydes is 2. The number of hydrogen-bond donors (Lipinski definition) is 2. The van der Waals surface area contributed by atoms with Gasteiger partial charge in [-0.3, -0.25) is 9.59 Å². The van der Waals surface area contributed by atoms with Gasteiger partial charge in [-0.1, -0.05) is 24.3 Å². The van der Waals surface area contributed by atoms with Crippen LogP contribution in [0.25, 0.3) is 44.6 Å². The number of rotatable bonds is 4. The normalized spacial score (nSPS) is 11.2. The molecule has 146 valence electrons. The smallest absolute Gasteiger partial charge is 0.177 e. The van der Waals surface area contributed by atoms with Crippen molar-refractivity contribution in [2.45, 2.75) is 0 Å². The van der Waals surface area contributed by atoms with Crippen LogP contribution in [0.15, 0.2) is 69.5 Å². The standard InChI is InChI=1S/C24H14O6/c25-11-15-5-7-19(27)23-17(15)9-21(29-23)13-1-2-14(4-3-13)22-10-18-16(12-26)6-8-20(28)24(18)30-22/h1-12,27-28H. The Labute approximate surface area is 169 Å². The van der Waals surface area contributed by atoms with Crippen LogP contribution in [0.5, 0.6) is 11.5 Å². The number of carbonyl (C=O) groups is 2. The van der Waals surface area contributed by atoms with Crippen LogP contribution in [0, 0.1) is 0 Å². The molecule has 0 aliphatic heterocycles. The molecule has 2 N–H and O–H groups in total. The molecule has 0 amide bonds. The highest BCUT2D eigenvalue weighted by molar-refractivity contribution is 6.01. The molecule has 2 heterocycles. The van der Waals surface area contributed by atoms with Crippen molar-refractivity contribution in [3.8, 4) is 34.1 Å². The van der Waals surface area contributed by atoms with Crippen molar-refractivity contribution in [2.75, 3.05) is 0 Å². The zero-order valence-corrected chi connectivity index (χ0v) is 15.5. The van der Waals surface area contributed by atoms with Gasteiger partial charge in [-0.25, -0.2) is 0 Å². The minimum Gasteiger partial charge on any atom is -0.504 e. The molecule has 0 radical (unpaired) electrons. The number of carbonyl (C=O) groups excluding carboxylic acids is 2. The maximum absolute atomic E-state index is 11.2. The molecule has 6 nitrogen and oxygen atoms in total. The largest absolute Gasteiger partial charge is 0.504 e. The van der Waals surface area contributed by atoms with Crippen LogP contribution in [0.4, 0.5) is 0 Å². The molecular formula is C24H14O6. The van der Waals surface area contributed by atoms with Gasteiger partial charge >= 0.3 is 0 Å². The lowest BCUT2D eigenvalue weighted by molar-refractivity contribution is 0.111. The first-order valence-electron chi connectivity index (χ1n) is 9.11. The van der Waals surface area contributed by atoms with Crippen LogP contribution in [0.2, 0.25) is 0 Å². The Morgan fingerprint density at radius 3 is 1.37 bits per heavy atom. The van der Waals surface area contributed by atoms with E-state index in [0.717, 1.165) is 23.7 Å². The van der Waals surface area contributed by atoms with Gasteiger partial charge in [0.2, 0.25) is 0 Å². The molecule has 6 heteroatoms. The fourth-order valence-electron chi connectivity index (χ4n) is 3.55. The maximum atomic E-state index is 11.2. The van der Waals surface area contributed by atoms with Crippen molar-refractivity contribution in [1.29, 1.82) is 0 Å². The third-order valence-corrected chi connectivity index (χ3v) is 5.10. The van der Waals surface area contributed by atoms with Gasteiger partial charge < -0.3 is 19.0 Å². The lowest BCUT2D eigenvalue weighted by Crippen LogP contribution is -1.79. The summed E-state index contributed by atoms with van der Waals surface area (Å²) >= 11 is 0. The number of fused-ring (bicyclic) bond motifs is 2. The van der Waals surface area contributed by atoms with Gasteiger partial charge in [0.1, 0.15) is 11.5 Å². The quantitative estimate of drug-likeness (QED) is 0.385. The second kappa shape index (κ2) is 6.63. The Morgan fingerprint density at radius 1 is 0.600 bits per heavy atom. The van der Waals surface area contributed by atoms with E-state index in [-0.39, 0.29) is 22.7 Å². The monoisotopic (exact) mass is 398 g/mol. The van der Waals surface area contributed by atoms with Crippen LogP contribution in [0.1, 0.15) is 20.7 Å². The molecule has 0 bridgehead atoms. The van der Waals surface area contributed by atoms with E-state index in [4.69, 9.17) is 8.83 Å². The van der Waals surface area contributed by atoms with Gasteiger partial charge in [-0.15, -0.1) is 0 Å². The lowest BCUT2D eigenvalue weighted by Gasteiger charge is -2.00. The molecule has 3 aromatic carbocycles. The minimum atomic E-state index is -0.0356. The molecule has 0 spiro atoms. The zero-order chi connectivity index (χ0) is 20.8. The van der Waals surface area contributed by atoms with Crippen molar-refractivity contribution < 1.29 is 28.6 Å². The Kier molecular flexibility index (Phi) is 3.93. The van der Waals surface area contributed by atoms with E-state index in [2.05, 4.69) is 0 Å². The van der Waals surface area contributed by atoms with Gasteiger partial charge in [0.05, 0.1) is 0 Å². The molecule has 0 saturated carbocycles. The lowest BCUT2D eigenvalue weighted by atomic mass is 10.1. The van der Waals surface area contributed by atoms with Gasteiger partial charge in [-0.2, -0.15) is 0 Å². The predicted molar refractivity (Wildman–Crippen MR) is 111 cm³/mol. The first kappa shape index (κ1) is 17.8. The second-order valence-electron chi connectivity index (χ2n) is 6.87. The molecule has 5 rings (SSSR count). The predicted octanol–water partition coefficient (Wildman–Crippen LogP) is 5.55. The molecule has 0 aliphatic carbocycles. The summed E-state index contributed by atoms with van der Waals surface area (Å²) in [6.07, 6.45) is 1.43. The van der Waals surface area contributed by atoms with Gasteiger partial charge in [0.15, 0.2) is 35.2 Å². The Morgan fingerprint density at radius 2 is 1.00 bits per heavy atom. The van der Waals surface area contributed by atoms with E-state index in [0.29, 0.717) is 33.4 Å². The Balaban J connectivity index is 1.57. The summed E-state index contributed by atoms with van der Waals surface area (Å²) in [5.41, 5.74) is 2.88. The summed E-state index contributed by atoms with van der Waals surface area (Å²) in [7, 11) is 0. The number of phenols is 2. The average Bonchev–Trinajstić information content (AvgIpc) is 3.41. The highest BCUT2D eigenvalue weighted by Crippen LogP contribution is 2.37. The molecule has 0 fully saturated rings. The molecule has 0 unspecified atom stereocenters. The highest BCUT2D eigenvalue weighted by atomic mass is 16.4. The summed E-state index contributed by atoms with van der Waals surface area (Å²) in [6.45, 7) is 0. The van der Waals surface area contributed by atoms with Crippen molar-refractivity contribution in [3.63, 3.8) is 0 Å². The molecule has 5 aromatic rings. The molecule has 30 heavy (non-hydrogen) atoms. The van der Waals surface area contributed by atoms with Crippen LogP contribution < -0.4 is 0 Å². The topological polar surface area (TPSA) is 101 Å². The summed E-state index contributed by atoms with van der Waals surface area (Å²) in [5.74, 6) is 0.941. The second-order valence-corrected chi connectivity index (χ2v) is 6.87. The third-order valence-electron chi connectivity index (χ3n) is 5.10. The summed E-state index contributed by atoms with van der Waals surface area (Å²) in [4.78, 5) is 22.5. The molecule has 0 atom stereocenters. The molecule has 0 saturated heterocycles. The van der Waals surface area contributed by atoms with Crippen LogP contribution in [0.3, 0.4) is 0 Å². The van der Waals surface area contributed by atoms with Gasteiger partial charge in [0.25, 0.3) is 0 Å². The zero-order valence-electron chi connectivity index (χ0n) is 15.5. The maximum Gasteiger partial charge on any atom is 0.177 e. The number of phenolic OH excluding ortho intramolecular Hbond substituents is 2. The Bertz CT molecular complexity index is 1330. The van der Waals surface area contributed by atoms with E-state index in [1.54, 1.807) is 12.1 Å². The highest BCUT2D eigenvalue weighted by Gasteiger charge is 2.15. The molecule has 0 aliphatic rings. The number of aromatic hydroxyl groups is 2. The summed E-state index contributed by atoms with van der Waals surface area (Å²) < 4.78 is 11.5. The SMILES string of the molecule is O=Cc1ccc(O)c2oc(-c3ccc(-c4cc5c(C=O)ccc(O)c5o4)cc3)cc12. The Hall–Kier alpha value is -4.32. The summed E-state index contributed by atoms with van der Waals surface area (Å²) in [5, 5.41) is 21.1. The van der Waals surface area contributed by atoms with Crippen molar-refractivity contribution >= 4 is 34.5 Å². The fraction of sp³-hybridized carbons (Fsp3) is 0. The fourth-order valence-corrected chi connectivity index (χ4v) is 3.55. The van der Waals surface area contributed by atoms with Crippen LogP contribution >= 0.6 is 0 Å². The number of benzene rings is 3. The third kappa shape index (κ3) is 2.66. The van der Waals surface area contributed by atoms with E-state index < -0.39 is 0 Å². The number of furan rings is 2. The van der Waals surface area contributed by atoms with Crippen LogP contribution in [-0.2, 0) is 0 Å². The van der Waals surface area contributed by atoms with Crippen LogP contribution in [-0.4, -0.2) is 22.8 Å².